The number of hydrogen-bond donors (Lipinski definition) is 1. The fourth-order valence-corrected chi connectivity index (χ4v) is 2.14. The summed E-state index contributed by atoms with van der Waals surface area (Å²) < 4.78 is 1.86. The van der Waals surface area contributed by atoms with Crippen molar-refractivity contribution in [3.8, 4) is 11.4 Å². The van der Waals surface area contributed by atoms with E-state index in [0.29, 0.717) is 0 Å². The molecule has 6 heteroatoms. The van der Waals surface area contributed by atoms with Crippen molar-refractivity contribution in [1.29, 1.82) is 0 Å². The highest BCUT2D eigenvalue weighted by Gasteiger charge is 2.14. The zero-order valence-corrected chi connectivity index (χ0v) is 10.2. The minimum absolute atomic E-state index is 0.749. The third-order valence-corrected chi connectivity index (χ3v) is 3.11. The standard InChI is InChI=1S/C12H16N6/c1-2-4-11(5-3-1)12-14-15-16-18(12)10-17-8-6-13-7-9-17/h1-5,13H,6-10H2. The van der Waals surface area contributed by atoms with Gasteiger partial charge in [0.2, 0.25) is 0 Å². The van der Waals surface area contributed by atoms with E-state index >= 15 is 0 Å². The maximum atomic E-state index is 4.11. The molecule has 2 heterocycles. The predicted octanol–water partition coefficient (Wildman–Crippen LogP) is 0.203. The van der Waals surface area contributed by atoms with Gasteiger partial charge in [-0.2, -0.15) is 0 Å². The molecule has 0 amide bonds. The number of piperazine rings is 1. The topological polar surface area (TPSA) is 58.9 Å². The monoisotopic (exact) mass is 244 g/mol. The van der Waals surface area contributed by atoms with Crippen molar-refractivity contribution >= 4 is 0 Å². The van der Waals surface area contributed by atoms with Crippen molar-refractivity contribution in [3.63, 3.8) is 0 Å². The summed E-state index contributed by atoms with van der Waals surface area (Å²) in [6, 6.07) is 10.0. The molecule has 0 bridgehead atoms. The first-order valence-electron chi connectivity index (χ1n) is 6.18. The number of aromatic nitrogens is 4. The Balaban J connectivity index is 1.79. The average molecular weight is 244 g/mol. The molecule has 0 saturated carbocycles. The van der Waals surface area contributed by atoms with E-state index in [1.54, 1.807) is 0 Å². The highest BCUT2D eigenvalue weighted by Crippen LogP contribution is 2.14. The number of rotatable bonds is 3. The molecule has 0 unspecified atom stereocenters. The lowest BCUT2D eigenvalue weighted by Gasteiger charge is -2.26. The smallest absolute Gasteiger partial charge is 0.183 e. The fraction of sp³-hybridized carbons (Fsp3) is 0.417. The summed E-state index contributed by atoms with van der Waals surface area (Å²) in [4.78, 5) is 2.35. The van der Waals surface area contributed by atoms with Crippen LogP contribution in [0, 0.1) is 0 Å². The van der Waals surface area contributed by atoms with Crippen LogP contribution in [0.1, 0.15) is 0 Å². The van der Waals surface area contributed by atoms with E-state index in [-0.39, 0.29) is 0 Å². The second kappa shape index (κ2) is 5.24. The van der Waals surface area contributed by atoms with E-state index < -0.39 is 0 Å². The van der Waals surface area contributed by atoms with E-state index in [9.17, 15) is 0 Å². The maximum absolute atomic E-state index is 4.11. The molecule has 2 aromatic rings. The van der Waals surface area contributed by atoms with E-state index in [2.05, 4.69) is 25.7 Å². The van der Waals surface area contributed by atoms with Crippen LogP contribution in [0.3, 0.4) is 0 Å². The molecule has 1 aromatic heterocycles. The van der Waals surface area contributed by atoms with Crippen LogP contribution in [0.4, 0.5) is 0 Å². The quantitative estimate of drug-likeness (QED) is 0.836. The number of nitrogens with zero attached hydrogens (tertiary/aromatic N) is 5. The normalized spacial score (nSPS) is 16.9. The third kappa shape index (κ3) is 2.39. The third-order valence-electron chi connectivity index (χ3n) is 3.11. The SMILES string of the molecule is c1ccc(-c2nnnn2CN2CCNCC2)cc1. The molecular weight excluding hydrogens is 228 g/mol. The summed E-state index contributed by atoms with van der Waals surface area (Å²) >= 11 is 0. The van der Waals surface area contributed by atoms with Gasteiger partial charge in [0.25, 0.3) is 0 Å². The number of hydrogen-bond acceptors (Lipinski definition) is 5. The van der Waals surface area contributed by atoms with Crippen LogP contribution in [-0.2, 0) is 6.67 Å². The molecule has 0 aliphatic carbocycles. The molecule has 18 heavy (non-hydrogen) atoms. The van der Waals surface area contributed by atoms with Crippen molar-refractivity contribution < 1.29 is 0 Å². The predicted molar refractivity (Wildman–Crippen MR) is 67.7 cm³/mol. The number of tetrazole rings is 1. The molecule has 0 radical (unpaired) electrons. The lowest BCUT2D eigenvalue weighted by molar-refractivity contribution is 0.183. The zero-order chi connectivity index (χ0) is 12.2. The van der Waals surface area contributed by atoms with Crippen molar-refractivity contribution in [2.24, 2.45) is 0 Å². The van der Waals surface area contributed by atoms with Crippen molar-refractivity contribution in [2.45, 2.75) is 6.67 Å². The second-order valence-electron chi connectivity index (χ2n) is 4.38. The van der Waals surface area contributed by atoms with Gasteiger partial charge in [0.05, 0.1) is 6.67 Å². The second-order valence-corrected chi connectivity index (χ2v) is 4.38. The maximum Gasteiger partial charge on any atom is 0.183 e. The Morgan fingerprint density at radius 3 is 2.67 bits per heavy atom. The largest absolute Gasteiger partial charge is 0.314 e. The Labute approximate surface area is 106 Å². The first kappa shape index (κ1) is 11.3. The Kier molecular flexibility index (Phi) is 3.29. The molecule has 1 aliphatic heterocycles. The molecule has 0 atom stereocenters. The Bertz CT molecular complexity index is 488. The van der Waals surface area contributed by atoms with Crippen LogP contribution in [0.5, 0.6) is 0 Å². The van der Waals surface area contributed by atoms with Gasteiger partial charge in [-0.25, -0.2) is 4.68 Å². The summed E-state index contributed by atoms with van der Waals surface area (Å²) in [6.45, 7) is 4.88. The van der Waals surface area contributed by atoms with Gasteiger partial charge in [-0.1, -0.05) is 30.3 Å². The lowest BCUT2D eigenvalue weighted by Crippen LogP contribution is -2.44. The molecule has 6 nitrogen and oxygen atoms in total. The molecule has 3 rings (SSSR count). The molecule has 1 saturated heterocycles. The Morgan fingerprint density at radius 2 is 1.89 bits per heavy atom. The Morgan fingerprint density at radius 1 is 1.11 bits per heavy atom. The summed E-state index contributed by atoms with van der Waals surface area (Å²) in [7, 11) is 0. The van der Waals surface area contributed by atoms with Crippen LogP contribution in [0.15, 0.2) is 30.3 Å². The molecular formula is C12H16N6. The summed E-state index contributed by atoms with van der Waals surface area (Å²) in [5, 5.41) is 15.3. The first-order chi connectivity index (χ1) is 8.93. The summed E-state index contributed by atoms with van der Waals surface area (Å²) in [6.07, 6.45) is 0. The first-order valence-corrected chi connectivity index (χ1v) is 6.18. The van der Waals surface area contributed by atoms with Crippen molar-refractivity contribution in [1.82, 2.24) is 30.4 Å². The van der Waals surface area contributed by atoms with Crippen LogP contribution >= 0.6 is 0 Å². The molecule has 1 N–H and O–H groups in total. The van der Waals surface area contributed by atoms with Gasteiger partial charge in [0.1, 0.15) is 0 Å². The molecule has 1 aromatic carbocycles. The van der Waals surface area contributed by atoms with Gasteiger partial charge < -0.3 is 5.32 Å². The molecule has 0 spiro atoms. The highest BCUT2D eigenvalue weighted by molar-refractivity contribution is 5.53. The van der Waals surface area contributed by atoms with Crippen LogP contribution in [-0.4, -0.2) is 51.3 Å². The van der Waals surface area contributed by atoms with Gasteiger partial charge in [-0.3, -0.25) is 4.90 Å². The molecule has 94 valence electrons. The fourth-order valence-electron chi connectivity index (χ4n) is 2.14. The summed E-state index contributed by atoms with van der Waals surface area (Å²) in [5.41, 5.74) is 1.05. The van der Waals surface area contributed by atoms with E-state index in [1.165, 1.54) is 0 Å². The van der Waals surface area contributed by atoms with Crippen LogP contribution < -0.4 is 5.32 Å². The van der Waals surface area contributed by atoms with Gasteiger partial charge >= 0.3 is 0 Å². The van der Waals surface area contributed by atoms with Crippen LogP contribution in [0.2, 0.25) is 0 Å². The van der Waals surface area contributed by atoms with E-state index in [4.69, 9.17) is 0 Å². The number of benzene rings is 1. The zero-order valence-electron chi connectivity index (χ0n) is 10.2. The van der Waals surface area contributed by atoms with Gasteiger partial charge in [-0.15, -0.1) is 5.10 Å². The highest BCUT2D eigenvalue weighted by atomic mass is 15.6. The van der Waals surface area contributed by atoms with E-state index in [0.717, 1.165) is 44.2 Å². The van der Waals surface area contributed by atoms with Crippen molar-refractivity contribution in [2.75, 3.05) is 26.2 Å². The van der Waals surface area contributed by atoms with Gasteiger partial charge in [-0.05, 0) is 10.4 Å². The van der Waals surface area contributed by atoms with Crippen LogP contribution in [0.25, 0.3) is 11.4 Å². The minimum atomic E-state index is 0.749. The molecule has 1 aliphatic rings. The van der Waals surface area contributed by atoms with Gasteiger partial charge in [0.15, 0.2) is 5.82 Å². The average Bonchev–Trinajstić information content (AvgIpc) is 2.89. The van der Waals surface area contributed by atoms with Gasteiger partial charge in [0, 0.05) is 31.7 Å². The summed E-state index contributed by atoms with van der Waals surface area (Å²) in [5.74, 6) is 0.828. The minimum Gasteiger partial charge on any atom is -0.314 e. The van der Waals surface area contributed by atoms with E-state index in [1.807, 2.05) is 35.0 Å². The molecule has 1 fully saturated rings. The lowest BCUT2D eigenvalue weighted by atomic mass is 10.2. The van der Waals surface area contributed by atoms with Crippen molar-refractivity contribution in [3.05, 3.63) is 30.3 Å². The Hall–Kier alpha value is -1.79. The number of nitrogens with one attached hydrogen (secondary N) is 1.